The Kier molecular flexibility index (Phi) is 1.87. The van der Waals surface area contributed by atoms with Crippen LogP contribution in [0, 0.1) is 0 Å². The smallest absolute Gasteiger partial charge is 0.137 e. The molecule has 0 bridgehead atoms. The van der Waals surface area contributed by atoms with Crippen LogP contribution in [-0.4, -0.2) is 21.2 Å². The van der Waals surface area contributed by atoms with Gasteiger partial charge in [-0.3, -0.25) is 5.10 Å². The number of aromatic amines is 1. The number of fused-ring (bicyclic) bond motifs is 1. The normalized spacial score (nSPS) is 15.8. The molecule has 0 aliphatic heterocycles. The summed E-state index contributed by atoms with van der Waals surface area (Å²) in [5.74, 6) is 0.987. The van der Waals surface area contributed by atoms with E-state index >= 15 is 0 Å². The molecule has 0 radical (unpaired) electrons. The van der Waals surface area contributed by atoms with E-state index < -0.39 is 0 Å². The van der Waals surface area contributed by atoms with Gasteiger partial charge in [0.25, 0.3) is 0 Å². The number of aromatic nitrogens is 3. The van der Waals surface area contributed by atoms with Gasteiger partial charge in [-0.05, 0) is 25.3 Å². The minimum absolute atomic E-state index is 0.628. The molecule has 2 aromatic rings. The number of pyridine rings is 1. The molecule has 0 unspecified atom stereocenters. The Balaban J connectivity index is 2.12. The molecule has 2 N–H and O–H groups in total. The molecule has 4 nitrogen and oxygen atoms in total. The van der Waals surface area contributed by atoms with Crippen molar-refractivity contribution in [2.24, 2.45) is 0 Å². The number of hydrogen-bond acceptors (Lipinski definition) is 3. The van der Waals surface area contributed by atoms with Crippen LogP contribution in [0.15, 0.2) is 12.3 Å². The average Bonchev–Trinajstić information content (AvgIpc) is 2.97. The Morgan fingerprint density at radius 1 is 1.53 bits per heavy atom. The summed E-state index contributed by atoms with van der Waals surface area (Å²) in [4.78, 5) is 4.40. The van der Waals surface area contributed by atoms with Crippen molar-refractivity contribution in [1.29, 1.82) is 0 Å². The molecule has 0 atom stereocenters. The molecule has 1 aliphatic carbocycles. The zero-order chi connectivity index (χ0) is 10.3. The molecule has 3 rings (SSSR count). The van der Waals surface area contributed by atoms with E-state index in [9.17, 15) is 0 Å². The van der Waals surface area contributed by atoms with Crippen LogP contribution in [0.25, 0.3) is 10.9 Å². The second-order valence-corrected chi connectivity index (χ2v) is 4.03. The zero-order valence-corrected chi connectivity index (χ0v) is 8.75. The summed E-state index contributed by atoms with van der Waals surface area (Å²) < 4.78 is 0. The SMILES string of the molecule is CCc1[nH]nc2ccnc(NC3CC3)c12. The number of H-pyrrole nitrogens is 1. The minimum Gasteiger partial charge on any atom is -0.367 e. The van der Waals surface area contributed by atoms with Gasteiger partial charge in [-0.15, -0.1) is 0 Å². The lowest BCUT2D eigenvalue weighted by molar-refractivity contribution is 0.987. The highest BCUT2D eigenvalue weighted by Gasteiger charge is 2.23. The fraction of sp³-hybridized carbons (Fsp3) is 0.455. The number of aryl methyl sites for hydroxylation is 1. The van der Waals surface area contributed by atoms with E-state index in [1.807, 2.05) is 12.3 Å². The monoisotopic (exact) mass is 202 g/mol. The molecule has 1 fully saturated rings. The minimum atomic E-state index is 0.628. The number of nitrogens with one attached hydrogen (secondary N) is 2. The second kappa shape index (κ2) is 3.22. The Bertz CT molecular complexity index is 484. The first-order valence-electron chi connectivity index (χ1n) is 5.47. The summed E-state index contributed by atoms with van der Waals surface area (Å²) in [5.41, 5.74) is 2.17. The van der Waals surface area contributed by atoms with E-state index in [0.29, 0.717) is 6.04 Å². The van der Waals surface area contributed by atoms with Gasteiger partial charge in [0.15, 0.2) is 0 Å². The molecule has 1 saturated carbocycles. The van der Waals surface area contributed by atoms with E-state index in [4.69, 9.17) is 0 Å². The third-order valence-electron chi connectivity index (χ3n) is 2.81. The summed E-state index contributed by atoms with van der Waals surface area (Å²) in [6, 6.07) is 2.57. The quantitative estimate of drug-likeness (QED) is 0.801. The highest BCUT2D eigenvalue weighted by atomic mass is 15.1. The Labute approximate surface area is 88.1 Å². The summed E-state index contributed by atoms with van der Waals surface area (Å²) in [6.07, 6.45) is 5.30. The Morgan fingerprint density at radius 2 is 2.40 bits per heavy atom. The topological polar surface area (TPSA) is 53.6 Å². The van der Waals surface area contributed by atoms with Crippen molar-refractivity contribution in [3.05, 3.63) is 18.0 Å². The van der Waals surface area contributed by atoms with Gasteiger partial charge in [0, 0.05) is 17.9 Å². The number of anilines is 1. The van der Waals surface area contributed by atoms with Crippen LogP contribution in [0.1, 0.15) is 25.5 Å². The lowest BCUT2D eigenvalue weighted by Crippen LogP contribution is -2.03. The molecular formula is C11H14N4. The van der Waals surface area contributed by atoms with Crippen LogP contribution in [0.2, 0.25) is 0 Å². The summed E-state index contributed by atoms with van der Waals surface area (Å²) in [7, 11) is 0. The molecule has 4 heteroatoms. The molecule has 0 spiro atoms. The van der Waals surface area contributed by atoms with E-state index in [2.05, 4.69) is 27.4 Å². The summed E-state index contributed by atoms with van der Waals surface area (Å²) in [6.45, 7) is 2.13. The van der Waals surface area contributed by atoms with Crippen molar-refractivity contribution in [3.63, 3.8) is 0 Å². The van der Waals surface area contributed by atoms with Crippen molar-refractivity contribution in [1.82, 2.24) is 15.2 Å². The Morgan fingerprint density at radius 3 is 3.13 bits per heavy atom. The zero-order valence-electron chi connectivity index (χ0n) is 8.75. The largest absolute Gasteiger partial charge is 0.367 e. The highest BCUT2D eigenvalue weighted by molar-refractivity contribution is 5.91. The van der Waals surface area contributed by atoms with Crippen LogP contribution in [0.5, 0.6) is 0 Å². The third kappa shape index (κ3) is 1.46. The lowest BCUT2D eigenvalue weighted by atomic mass is 10.2. The van der Waals surface area contributed by atoms with Crippen molar-refractivity contribution in [2.75, 3.05) is 5.32 Å². The maximum Gasteiger partial charge on any atom is 0.137 e. The van der Waals surface area contributed by atoms with Gasteiger partial charge in [0.2, 0.25) is 0 Å². The van der Waals surface area contributed by atoms with Gasteiger partial charge in [0.1, 0.15) is 5.82 Å². The molecular weight excluding hydrogens is 188 g/mol. The van der Waals surface area contributed by atoms with Crippen molar-refractivity contribution < 1.29 is 0 Å². The molecule has 78 valence electrons. The first-order chi connectivity index (χ1) is 7.38. The number of rotatable bonds is 3. The van der Waals surface area contributed by atoms with Crippen LogP contribution >= 0.6 is 0 Å². The van der Waals surface area contributed by atoms with Crippen molar-refractivity contribution in [3.8, 4) is 0 Å². The molecule has 2 aromatic heterocycles. The lowest BCUT2D eigenvalue weighted by Gasteiger charge is -2.05. The van der Waals surface area contributed by atoms with Gasteiger partial charge in [-0.1, -0.05) is 6.92 Å². The predicted molar refractivity (Wildman–Crippen MR) is 59.9 cm³/mol. The summed E-state index contributed by atoms with van der Waals surface area (Å²) >= 11 is 0. The Hall–Kier alpha value is -1.58. The maximum atomic E-state index is 4.40. The fourth-order valence-corrected chi connectivity index (χ4v) is 1.81. The predicted octanol–water partition coefficient (Wildman–Crippen LogP) is 2.09. The molecule has 0 saturated heterocycles. The molecule has 2 heterocycles. The molecule has 1 aliphatic rings. The van der Waals surface area contributed by atoms with Crippen molar-refractivity contribution >= 4 is 16.7 Å². The van der Waals surface area contributed by atoms with Crippen LogP contribution in [-0.2, 0) is 6.42 Å². The first-order valence-corrected chi connectivity index (χ1v) is 5.47. The maximum absolute atomic E-state index is 4.40. The first kappa shape index (κ1) is 8.71. The van der Waals surface area contributed by atoms with Crippen LogP contribution in [0.4, 0.5) is 5.82 Å². The fourth-order valence-electron chi connectivity index (χ4n) is 1.81. The number of hydrogen-bond donors (Lipinski definition) is 2. The van der Waals surface area contributed by atoms with Crippen LogP contribution < -0.4 is 5.32 Å². The average molecular weight is 202 g/mol. The van der Waals surface area contributed by atoms with E-state index in [1.54, 1.807) is 0 Å². The van der Waals surface area contributed by atoms with Gasteiger partial charge in [0.05, 0.1) is 10.9 Å². The van der Waals surface area contributed by atoms with E-state index in [1.165, 1.54) is 18.5 Å². The van der Waals surface area contributed by atoms with Gasteiger partial charge in [-0.25, -0.2) is 4.98 Å². The molecule has 0 amide bonds. The third-order valence-corrected chi connectivity index (χ3v) is 2.81. The van der Waals surface area contributed by atoms with Crippen LogP contribution in [0.3, 0.4) is 0 Å². The van der Waals surface area contributed by atoms with E-state index in [-0.39, 0.29) is 0 Å². The van der Waals surface area contributed by atoms with Crippen molar-refractivity contribution in [2.45, 2.75) is 32.2 Å². The highest BCUT2D eigenvalue weighted by Crippen LogP contribution is 2.29. The number of nitrogens with zero attached hydrogens (tertiary/aromatic N) is 2. The van der Waals surface area contributed by atoms with Gasteiger partial charge < -0.3 is 5.32 Å². The second-order valence-electron chi connectivity index (χ2n) is 4.03. The molecule has 0 aromatic carbocycles. The van der Waals surface area contributed by atoms with Gasteiger partial charge in [-0.2, -0.15) is 5.10 Å². The van der Waals surface area contributed by atoms with Gasteiger partial charge >= 0.3 is 0 Å². The van der Waals surface area contributed by atoms with E-state index in [0.717, 1.165) is 23.1 Å². The summed E-state index contributed by atoms with van der Waals surface area (Å²) in [5, 5.41) is 11.9. The standard InChI is InChI=1S/C11H14N4/c1-2-8-10-9(15-14-8)5-6-12-11(10)13-7-3-4-7/h5-7H,2-4H2,1H3,(H,12,13)(H,14,15). The molecule has 15 heavy (non-hydrogen) atoms.